The van der Waals surface area contributed by atoms with Crippen molar-refractivity contribution in [2.45, 2.75) is 18.9 Å². The van der Waals surface area contributed by atoms with E-state index >= 15 is 0 Å². The summed E-state index contributed by atoms with van der Waals surface area (Å²) in [6.07, 6.45) is 6.57. The molecule has 3 aromatic heterocycles. The van der Waals surface area contributed by atoms with Crippen molar-refractivity contribution in [3.05, 3.63) is 94.2 Å². The number of aromatic nitrogens is 4. The highest BCUT2D eigenvalue weighted by Gasteiger charge is 2.28. The van der Waals surface area contributed by atoms with Gasteiger partial charge in [-0.25, -0.2) is 18.9 Å². The van der Waals surface area contributed by atoms with Gasteiger partial charge in [0.05, 0.1) is 17.9 Å². The van der Waals surface area contributed by atoms with Gasteiger partial charge in [-0.1, -0.05) is 18.2 Å². The second-order valence-corrected chi connectivity index (χ2v) is 8.41. The summed E-state index contributed by atoms with van der Waals surface area (Å²) in [4.78, 5) is 23.6. The number of hydrogen-bond acceptors (Lipinski definition) is 5. The van der Waals surface area contributed by atoms with Gasteiger partial charge in [0.2, 0.25) is 5.78 Å². The van der Waals surface area contributed by atoms with E-state index in [0.717, 1.165) is 30.8 Å². The van der Waals surface area contributed by atoms with Crippen LogP contribution in [0, 0.1) is 5.82 Å². The van der Waals surface area contributed by atoms with E-state index in [9.17, 15) is 9.18 Å². The molecule has 0 saturated carbocycles. The maximum absolute atomic E-state index is 13.8. The first-order valence-electron chi connectivity index (χ1n) is 10.3. The normalized spacial score (nSPS) is 16.3. The number of nitrogens with zero attached hydrogens (tertiary/aromatic N) is 5. The second-order valence-electron chi connectivity index (χ2n) is 7.59. The Morgan fingerprint density at radius 3 is 2.88 bits per heavy atom. The minimum atomic E-state index is -0.244. The Morgan fingerprint density at radius 2 is 2.03 bits per heavy atom. The van der Waals surface area contributed by atoms with E-state index in [1.54, 1.807) is 22.7 Å². The lowest BCUT2D eigenvalue weighted by Gasteiger charge is -2.26. The molecule has 1 aliphatic rings. The van der Waals surface area contributed by atoms with Crippen LogP contribution in [0.15, 0.2) is 71.5 Å². The number of benzene rings is 1. The van der Waals surface area contributed by atoms with Gasteiger partial charge in [0, 0.05) is 6.54 Å². The SMILES string of the molecule is O=C(C=Cc1cccc(Br)n1)c1cnc2ccc(N3CCC[C@@H]3c3cccc(F)c3)nn12. The maximum atomic E-state index is 13.8. The molecular weight excluding hydrogens is 473 g/mol. The summed E-state index contributed by atoms with van der Waals surface area (Å²) in [7, 11) is 0. The van der Waals surface area contributed by atoms with Crippen molar-refractivity contribution in [1.82, 2.24) is 19.6 Å². The fourth-order valence-electron chi connectivity index (χ4n) is 4.05. The zero-order valence-electron chi connectivity index (χ0n) is 17.0. The lowest BCUT2D eigenvalue weighted by atomic mass is 10.0. The summed E-state index contributed by atoms with van der Waals surface area (Å²) in [6, 6.07) is 16.0. The first-order valence-corrected chi connectivity index (χ1v) is 11.1. The summed E-state index contributed by atoms with van der Waals surface area (Å²) in [5.74, 6) is 0.271. The van der Waals surface area contributed by atoms with Crippen molar-refractivity contribution in [3.8, 4) is 0 Å². The number of rotatable bonds is 5. The summed E-state index contributed by atoms with van der Waals surface area (Å²) < 4.78 is 16.0. The number of imidazole rings is 1. The number of halogens is 2. The molecule has 0 bridgehead atoms. The molecule has 160 valence electrons. The number of pyridine rings is 1. The molecule has 4 aromatic rings. The Hall–Kier alpha value is -3.39. The highest BCUT2D eigenvalue weighted by molar-refractivity contribution is 9.10. The fraction of sp³-hybridized carbons (Fsp3) is 0.167. The Kier molecular flexibility index (Phi) is 5.53. The van der Waals surface area contributed by atoms with E-state index in [4.69, 9.17) is 5.10 Å². The van der Waals surface area contributed by atoms with Gasteiger partial charge in [-0.15, -0.1) is 5.10 Å². The molecule has 8 heteroatoms. The van der Waals surface area contributed by atoms with Gasteiger partial charge in [0.15, 0.2) is 5.65 Å². The molecule has 0 spiro atoms. The van der Waals surface area contributed by atoms with Crippen molar-refractivity contribution >= 4 is 39.3 Å². The van der Waals surface area contributed by atoms with Crippen LogP contribution in [-0.2, 0) is 0 Å². The van der Waals surface area contributed by atoms with E-state index in [-0.39, 0.29) is 17.6 Å². The van der Waals surface area contributed by atoms with E-state index in [1.165, 1.54) is 18.3 Å². The molecule has 32 heavy (non-hydrogen) atoms. The lowest BCUT2D eigenvalue weighted by molar-refractivity contribution is 0.104. The van der Waals surface area contributed by atoms with Crippen molar-refractivity contribution in [2.75, 3.05) is 11.4 Å². The number of fused-ring (bicyclic) bond motifs is 1. The van der Waals surface area contributed by atoms with Crippen LogP contribution in [-0.4, -0.2) is 31.9 Å². The first-order chi connectivity index (χ1) is 15.6. The van der Waals surface area contributed by atoms with E-state index < -0.39 is 0 Å². The maximum Gasteiger partial charge on any atom is 0.205 e. The summed E-state index contributed by atoms with van der Waals surface area (Å²) in [5, 5.41) is 4.71. The number of allylic oxidation sites excluding steroid dienone is 1. The number of anilines is 1. The Morgan fingerprint density at radius 1 is 1.16 bits per heavy atom. The van der Waals surface area contributed by atoms with Gasteiger partial charge < -0.3 is 4.90 Å². The Labute approximate surface area is 192 Å². The topological polar surface area (TPSA) is 63.4 Å². The van der Waals surface area contributed by atoms with E-state index in [2.05, 4.69) is 30.8 Å². The Balaban J connectivity index is 1.45. The highest BCUT2D eigenvalue weighted by Crippen LogP contribution is 2.35. The van der Waals surface area contributed by atoms with Gasteiger partial charge in [0.1, 0.15) is 21.9 Å². The standard InChI is InChI=1S/C24H19BrFN5O/c25-22-8-2-6-18(28-22)9-10-21(32)20-15-27-23-11-12-24(29-31(20)23)30-13-3-7-19(30)16-4-1-5-17(26)14-16/h1-2,4-6,8-12,14-15,19H,3,7,13H2/t19-/m1/s1. The summed E-state index contributed by atoms with van der Waals surface area (Å²) >= 11 is 3.33. The van der Waals surface area contributed by atoms with Crippen molar-refractivity contribution < 1.29 is 9.18 Å². The average Bonchev–Trinajstić information content (AvgIpc) is 3.44. The Bertz CT molecular complexity index is 1330. The largest absolute Gasteiger partial charge is 0.348 e. The summed E-state index contributed by atoms with van der Waals surface area (Å²) in [6.45, 7) is 0.812. The molecule has 1 aliphatic heterocycles. The third-order valence-electron chi connectivity index (χ3n) is 5.52. The molecule has 0 unspecified atom stereocenters. The number of carbonyl (C=O) groups is 1. The van der Waals surface area contributed by atoms with Gasteiger partial charge in [-0.05, 0) is 82.9 Å². The van der Waals surface area contributed by atoms with Crippen LogP contribution in [0.1, 0.15) is 40.6 Å². The average molecular weight is 492 g/mol. The molecule has 1 atom stereocenters. The molecule has 1 aromatic carbocycles. The van der Waals surface area contributed by atoms with Gasteiger partial charge >= 0.3 is 0 Å². The van der Waals surface area contributed by atoms with Crippen molar-refractivity contribution in [1.29, 1.82) is 0 Å². The van der Waals surface area contributed by atoms with Crippen molar-refractivity contribution in [3.63, 3.8) is 0 Å². The molecule has 1 fully saturated rings. The van der Waals surface area contributed by atoms with Crippen LogP contribution in [0.3, 0.4) is 0 Å². The van der Waals surface area contributed by atoms with Crippen LogP contribution in [0.25, 0.3) is 11.7 Å². The van der Waals surface area contributed by atoms with E-state index in [1.807, 2.05) is 36.4 Å². The fourth-order valence-corrected chi connectivity index (χ4v) is 4.41. The lowest BCUT2D eigenvalue weighted by Crippen LogP contribution is -2.24. The minimum Gasteiger partial charge on any atom is -0.348 e. The first kappa shape index (κ1) is 20.5. The highest BCUT2D eigenvalue weighted by atomic mass is 79.9. The van der Waals surface area contributed by atoms with Gasteiger partial charge in [-0.2, -0.15) is 0 Å². The van der Waals surface area contributed by atoms with Crippen LogP contribution in [0.2, 0.25) is 0 Å². The molecule has 0 N–H and O–H groups in total. The number of hydrogen-bond donors (Lipinski definition) is 0. The van der Waals surface area contributed by atoms with Crippen LogP contribution < -0.4 is 4.90 Å². The van der Waals surface area contributed by atoms with Crippen LogP contribution in [0.4, 0.5) is 10.2 Å². The third-order valence-corrected chi connectivity index (χ3v) is 5.96. The quantitative estimate of drug-likeness (QED) is 0.216. The molecule has 6 nitrogen and oxygen atoms in total. The predicted molar refractivity (Wildman–Crippen MR) is 124 cm³/mol. The zero-order valence-corrected chi connectivity index (χ0v) is 18.6. The molecule has 4 heterocycles. The molecule has 0 aliphatic carbocycles. The minimum absolute atomic E-state index is 0.0424. The summed E-state index contributed by atoms with van der Waals surface area (Å²) in [5.41, 5.74) is 2.56. The molecule has 0 amide bonds. The van der Waals surface area contributed by atoms with Crippen LogP contribution >= 0.6 is 15.9 Å². The van der Waals surface area contributed by atoms with Gasteiger partial charge in [0.25, 0.3) is 0 Å². The molecular formula is C24H19BrFN5O. The zero-order chi connectivity index (χ0) is 22.1. The second kappa shape index (κ2) is 8.63. The monoisotopic (exact) mass is 491 g/mol. The van der Waals surface area contributed by atoms with Gasteiger partial charge in [-0.3, -0.25) is 4.79 Å². The van der Waals surface area contributed by atoms with Crippen LogP contribution in [0.5, 0.6) is 0 Å². The number of ketones is 1. The predicted octanol–water partition coefficient (Wildman–Crippen LogP) is 5.26. The van der Waals surface area contributed by atoms with E-state index in [0.29, 0.717) is 21.6 Å². The third kappa shape index (κ3) is 4.05. The van der Waals surface area contributed by atoms with Crippen molar-refractivity contribution in [2.24, 2.45) is 0 Å². The molecule has 5 rings (SSSR count). The smallest absolute Gasteiger partial charge is 0.205 e. The molecule has 1 saturated heterocycles. The molecule has 0 radical (unpaired) electrons. The number of carbonyl (C=O) groups excluding carboxylic acids is 1.